The summed E-state index contributed by atoms with van der Waals surface area (Å²) in [6, 6.07) is 8.56. The molecular formula is C28H36N4O4. The third-order valence-electron chi connectivity index (χ3n) is 7.07. The van der Waals surface area contributed by atoms with E-state index in [4.69, 9.17) is 9.47 Å². The maximum atomic E-state index is 14.0. The summed E-state index contributed by atoms with van der Waals surface area (Å²) in [7, 11) is 1.71. The zero-order valence-electron chi connectivity index (χ0n) is 21.9. The van der Waals surface area contributed by atoms with Gasteiger partial charge >= 0.3 is 6.09 Å². The highest BCUT2D eigenvalue weighted by Gasteiger charge is 2.40. The smallest absolute Gasteiger partial charge is 0.435 e. The monoisotopic (exact) mass is 492 g/mol. The SMILES string of the molecule is COCC(C)n1ccc2c(C(=O)N(C3CC3)C3CCc4nn(C(=O)OC(C)(C)C)cc4C3)cccc21. The zero-order valence-corrected chi connectivity index (χ0v) is 21.9. The van der Waals surface area contributed by atoms with E-state index in [-0.39, 0.29) is 24.0 Å². The number of aromatic nitrogens is 3. The summed E-state index contributed by atoms with van der Waals surface area (Å²) in [6.07, 6.45) is 7.70. The van der Waals surface area contributed by atoms with Gasteiger partial charge in [0.15, 0.2) is 0 Å². The molecule has 2 heterocycles. The number of hydrogen-bond acceptors (Lipinski definition) is 5. The van der Waals surface area contributed by atoms with Crippen LogP contribution in [0.25, 0.3) is 10.9 Å². The lowest BCUT2D eigenvalue weighted by Crippen LogP contribution is -2.44. The highest BCUT2D eigenvalue weighted by atomic mass is 16.6. The number of carbonyl (C=O) groups excluding carboxylic acids is 2. The third kappa shape index (κ3) is 4.78. The van der Waals surface area contributed by atoms with Crippen LogP contribution in [0.2, 0.25) is 0 Å². The van der Waals surface area contributed by atoms with Gasteiger partial charge in [0.25, 0.3) is 5.91 Å². The van der Waals surface area contributed by atoms with Crippen molar-refractivity contribution >= 4 is 22.9 Å². The van der Waals surface area contributed by atoms with E-state index in [0.717, 1.165) is 53.4 Å². The molecular weight excluding hydrogens is 456 g/mol. The number of ether oxygens (including phenoxy) is 2. The maximum absolute atomic E-state index is 14.0. The van der Waals surface area contributed by atoms with Crippen LogP contribution in [0.1, 0.15) is 74.6 Å². The Balaban J connectivity index is 1.40. The summed E-state index contributed by atoms with van der Waals surface area (Å²) in [5, 5.41) is 5.47. The molecule has 0 saturated heterocycles. The Morgan fingerprint density at radius 2 is 1.94 bits per heavy atom. The van der Waals surface area contributed by atoms with Crippen molar-refractivity contribution in [2.75, 3.05) is 13.7 Å². The molecule has 5 rings (SSSR count). The molecule has 1 saturated carbocycles. The number of hydrogen-bond donors (Lipinski definition) is 0. The summed E-state index contributed by atoms with van der Waals surface area (Å²) in [6.45, 7) is 8.26. The van der Waals surface area contributed by atoms with E-state index >= 15 is 0 Å². The molecule has 2 atom stereocenters. The molecule has 2 aliphatic carbocycles. The molecule has 0 bridgehead atoms. The maximum Gasteiger partial charge on any atom is 0.435 e. The van der Waals surface area contributed by atoms with Crippen molar-refractivity contribution in [3.63, 3.8) is 0 Å². The van der Waals surface area contributed by atoms with Crippen LogP contribution in [0.15, 0.2) is 36.7 Å². The number of methoxy groups -OCH3 is 1. The van der Waals surface area contributed by atoms with Crippen LogP contribution < -0.4 is 0 Å². The van der Waals surface area contributed by atoms with Crippen LogP contribution >= 0.6 is 0 Å². The molecule has 36 heavy (non-hydrogen) atoms. The van der Waals surface area contributed by atoms with Gasteiger partial charge in [0, 0.05) is 48.1 Å². The molecule has 2 unspecified atom stereocenters. The van der Waals surface area contributed by atoms with Gasteiger partial charge in [0.1, 0.15) is 5.60 Å². The molecule has 1 fully saturated rings. The van der Waals surface area contributed by atoms with E-state index in [1.165, 1.54) is 4.68 Å². The molecule has 1 aromatic carbocycles. The van der Waals surface area contributed by atoms with E-state index in [0.29, 0.717) is 13.0 Å². The van der Waals surface area contributed by atoms with Crippen molar-refractivity contribution in [2.45, 2.75) is 83.5 Å². The van der Waals surface area contributed by atoms with Crippen molar-refractivity contribution in [3.8, 4) is 0 Å². The number of carbonyl (C=O) groups is 2. The fourth-order valence-electron chi connectivity index (χ4n) is 5.33. The summed E-state index contributed by atoms with van der Waals surface area (Å²) < 4.78 is 14.3. The van der Waals surface area contributed by atoms with Gasteiger partial charge in [-0.1, -0.05) is 6.07 Å². The summed E-state index contributed by atoms with van der Waals surface area (Å²) in [5.41, 5.74) is 3.16. The Labute approximate surface area is 212 Å². The molecule has 2 aliphatic rings. The minimum atomic E-state index is -0.581. The van der Waals surface area contributed by atoms with Crippen molar-refractivity contribution in [3.05, 3.63) is 53.5 Å². The predicted octanol–water partition coefficient (Wildman–Crippen LogP) is 4.99. The highest BCUT2D eigenvalue weighted by Crippen LogP contribution is 2.36. The minimum absolute atomic E-state index is 0.0820. The molecule has 2 aromatic heterocycles. The van der Waals surface area contributed by atoms with Crippen LogP contribution in [0.4, 0.5) is 4.79 Å². The van der Waals surface area contributed by atoms with Gasteiger partial charge in [0.2, 0.25) is 0 Å². The van der Waals surface area contributed by atoms with Crippen molar-refractivity contribution in [1.82, 2.24) is 19.2 Å². The third-order valence-corrected chi connectivity index (χ3v) is 7.07. The van der Waals surface area contributed by atoms with Crippen LogP contribution in [-0.2, 0) is 22.3 Å². The Hall–Kier alpha value is -3.13. The number of benzene rings is 1. The lowest BCUT2D eigenvalue weighted by atomic mass is 9.91. The second kappa shape index (κ2) is 9.39. The van der Waals surface area contributed by atoms with Gasteiger partial charge in [-0.2, -0.15) is 9.78 Å². The topological polar surface area (TPSA) is 78.6 Å². The van der Waals surface area contributed by atoms with E-state index in [1.54, 1.807) is 13.3 Å². The predicted molar refractivity (Wildman–Crippen MR) is 137 cm³/mol. The van der Waals surface area contributed by atoms with E-state index in [9.17, 15) is 9.59 Å². The first-order valence-corrected chi connectivity index (χ1v) is 12.9. The molecule has 8 nitrogen and oxygen atoms in total. The number of rotatable bonds is 6. The number of fused-ring (bicyclic) bond motifs is 2. The van der Waals surface area contributed by atoms with Crippen LogP contribution in [-0.4, -0.2) is 62.6 Å². The van der Waals surface area contributed by atoms with E-state index < -0.39 is 11.7 Å². The fourth-order valence-corrected chi connectivity index (χ4v) is 5.33. The zero-order chi connectivity index (χ0) is 25.6. The second-order valence-electron chi connectivity index (χ2n) is 11.1. The first kappa shape index (κ1) is 24.6. The molecule has 0 radical (unpaired) electrons. The molecule has 0 spiro atoms. The van der Waals surface area contributed by atoms with Crippen LogP contribution in [0.5, 0.6) is 0 Å². The molecule has 0 aliphatic heterocycles. The highest BCUT2D eigenvalue weighted by molar-refractivity contribution is 6.07. The number of aryl methyl sites for hydroxylation is 1. The summed E-state index contributed by atoms with van der Waals surface area (Å²) in [4.78, 5) is 28.7. The van der Waals surface area contributed by atoms with Gasteiger partial charge in [-0.05, 0) is 83.6 Å². The molecule has 8 heteroatoms. The Morgan fingerprint density at radius 3 is 2.64 bits per heavy atom. The first-order valence-electron chi connectivity index (χ1n) is 12.9. The van der Waals surface area contributed by atoms with Crippen LogP contribution in [0, 0.1) is 0 Å². The average Bonchev–Trinajstić information content (AvgIpc) is 3.39. The average molecular weight is 493 g/mol. The van der Waals surface area contributed by atoms with Crippen molar-refractivity contribution in [2.24, 2.45) is 0 Å². The van der Waals surface area contributed by atoms with Crippen molar-refractivity contribution in [1.29, 1.82) is 0 Å². The fraction of sp³-hybridized carbons (Fsp3) is 0.536. The quantitative estimate of drug-likeness (QED) is 0.484. The Kier molecular flexibility index (Phi) is 6.41. The number of nitrogens with zero attached hydrogens (tertiary/aromatic N) is 4. The van der Waals surface area contributed by atoms with Crippen LogP contribution in [0.3, 0.4) is 0 Å². The Morgan fingerprint density at radius 1 is 1.17 bits per heavy atom. The lowest BCUT2D eigenvalue weighted by molar-refractivity contribution is 0.0513. The largest absolute Gasteiger partial charge is 0.442 e. The molecule has 1 amide bonds. The first-order chi connectivity index (χ1) is 17.2. The minimum Gasteiger partial charge on any atom is -0.442 e. The van der Waals surface area contributed by atoms with Gasteiger partial charge in [-0.25, -0.2) is 4.79 Å². The van der Waals surface area contributed by atoms with Gasteiger partial charge in [0.05, 0.1) is 18.3 Å². The van der Waals surface area contributed by atoms with E-state index in [2.05, 4.69) is 27.6 Å². The van der Waals surface area contributed by atoms with Gasteiger partial charge in [-0.15, -0.1) is 0 Å². The van der Waals surface area contributed by atoms with Crippen molar-refractivity contribution < 1.29 is 19.1 Å². The number of amides is 1. The normalized spacial score (nSPS) is 18.6. The second-order valence-corrected chi connectivity index (χ2v) is 11.1. The molecule has 0 N–H and O–H groups in total. The van der Waals surface area contributed by atoms with Gasteiger partial charge in [-0.3, -0.25) is 4.79 Å². The molecule has 3 aromatic rings. The van der Waals surface area contributed by atoms with Gasteiger partial charge < -0.3 is 18.9 Å². The summed E-state index contributed by atoms with van der Waals surface area (Å²) in [5.74, 6) is 0.0910. The van der Waals surface area contributed by atoms with E-state index in [1.807, 2.05) is 45.2 Å². The molecule has 192 valence electrons. The Bertz CT molecular complexity index is 1280. The lowest BCUT2D eigenvalue weighted by Gasteiger charge is -2.34. The standard InChI is InChI=1S/C28H36N4O4/c1-18(17-35-5)30-14-13-22-23(7-6-8-25(22)30)26(33)32(20-9-10-20)21-11-12-24-19(15-21)16-31(29-24)27(34)36-28(2,3)4/h6-8,13-14,16,18,20-21H,9-12,15,17H2,1-5H3. The summed E-state index contributed by atoms with van der Waals surface area (Å²) >= 11 is 0.